The molecule has 0 aliphatic rings. The number of rotatable bonds is 6. The van der Waals surface area contributed by atoms with Crippen molar-refractivity contribution in [2.75, 3.05) is 18.7 Å². The lowest BCUT2D eigenvalue weighted by atomic mass is 10.3. The minimum absolute atomic E-state index is 0.178. The third kappa shape index (κ3) is 3.33. The average Bonchev–Trinajstić information content (AvgIpc) is 2.35. The van der Waals surface area contributed by atoms with Crippen LogP contribution in [-0.2, 0) is 9.84 Å². The maximum absolute atomic E-state index is 12.0. The highest BCUT2D eigenvalue weighted by Crippen LogP contribution is 2.29. The first kappa shape index (κ1) is 14.7. The molecule has 1 rings (SSSR count). The van der Waals surface area contributed by atoms with Crippen LogP contribution >= 0.6 is 11.6 Å². The molecule has 0 fully saturated rings. The summed E-state index contributed by atoms with van der Waals surface area (Å²) >= 11 is 5.43. The summed E-state index contributed by atoms with van der Waals surface area (Å²) in [7, 11) is -2.38. The second kappa shape index (κ2) is 6.01. The van der Waals surface area contributed by atoms with Crippen LogP contribution < -0.4 is 4.74 Å². The van der Waals surface area contributed by atoms with Crippen LogP contribution in [0.15, 0.2) is 23.1 Å². The zero-order chi connectivity index (χ0) is 13.8. The molecule has 0 N–H and O–H groups in total. The number of methoxy groups -OCH3 is 1. The number of alkyl halides is 1. The molecule has 0 atom stereocenters. The fourth-order valence-electron chi connectivity index (χ4n) is 1.38. The molecular formula is C10H12ClNO5S. The number of halogens is 1. The van der Waals surface area contributed by atoms with Crippen LogP contribution in [-0.4, -0.2) is 32.1 Å². The van der Waals surface area contributed by atoms with Gasteiger partial charge in [0.25, 0.3) is 5.69 Å². The summed E-state index contributed by atoms with van der Waals surface area (Å²) in [6.45, 7) is 0. The summed E-state index contributed by atoms with van der Waals surface area (Å²) in [6.07, 6.45) is 0.234. The zero-order valence-corrected chi connectivity index (χ0v) is 11.2. The molecule has 0 unspecified atom stereocenters. The molecule has 6 nitrogen and oxygen atoms in total. The van der Waals surface area contributed by atoms with Crippen molar-refractivity contribution in [2.24, 2.45) is 0 Å². The van der Waals surface area contributed by atoms with Gasteiger partial charge in [-0.1, -0.05) is 0 Å². The molecule has 1 aromatic rings. The molecule has 0 saturated carbocycles. The highest BCUT2D eigenvalue weighted by molar-refractivity contribution is 7.91. The zero-order valence-electron chi connectivity index (χ0n) is 9.63. The van der Waals surface area contributed by atoms with Crippen LogP contribution in [0.1, 0.15) is 6.42 Å². The van der Waals surface area contributed by atoms with Crippen LogP contribution in [0.4, 0.5) is 5.69 Å². The first-order chi connectivity index (χ1) is 8.42. The predicted octanol–water partition coefficient (Wildman–Crippen LogP) is 2.01. The van der Waals surface area contributed by atoms with E-state index < -0.39 is 20.4 Å². The Kier molecular flexibility index (Phi) is 4.92. The Hall–Kier alpha value is -1.34. The summed E-state index contributed by atoms with van der Waals surface area (Å²) in [6, 6.07) is 3.62. The van der Waals surface area contributed by atoms with Gasteiger partial charge in [0.15, 0.2) is 9.84 Å². The highest BCUT2D eigenvalue weighted by Gasteiger charge is 2.26. The van der Waals surface area contributed by atoms with E-state index in [0.29, 0.717) is 0 Å². The predicted molar refractivity (Wildman–Crippen MR) is 67.0 cm³/mol. The number of ether oxygens (including phenoxy) is 1. The topological polar surface area (TPSA) is 86.5 Å². The Balaban J connectivity index is 3.31. The van der Waals surface area contributed by atoms with Crippen LogP contribution in [0.2, 0.25) is 0 Å². The van der Waals surface area contributed by atoms with Crippen molar-refractivity contribution < 1.29 is 18.1 Å². The van der Waals surface area contributed by atoms with Crippen molar-refractivity contribution >= 4 is 27.1 Å². The Morgan fingerprint density at radius 3 is 2.61 bits per heavy atom. The van der Waals surface area contributed by atoms with Gasteiger partial charge in [-0.05, 0) is 12.5 Å². The number of nitro benzene ring substituents is 1. The van der Waals surface area contributed by atoms with Gasteiger partial charge in [-0.15, -0.1) is 11.6 Å². The highest BCUT2D eigenvalue weighted by atomic mass is 35.5. The SMILES string of the molecule is COc1ccc([N+](=O)[O-])c(S(=O)(=O)CCCCl)c1. The third-order valence-electron chi connectivity index (χ3n) is 2.25. The fourth-order valence-corrected chi connectivity index (χ4v) is 3.17. The second-order valence-electron chi connectivity index (χ2n) is 3.45. The van der Waals surface area contributed by atoms with E-state index in [1.165, 1.54) is 13.2 Å². The molecule has 0 heterocycles. The van der Waals surface area contributed by atoms with E-state index in [9.17, 15) is 18.5 Å². The molecule has 18 heavy (non-hydrogen) atoms. The summed E-state index contributed by atoms with van der Waals surface area (Å²) < 4.78 is 28.8. The van der Waals surface area contributed by atoms with E-state index in [1.807, 2.05) is 0 Å². The van der Waals surface area contributed by atoms with Crippen LogP contribution in [0.3, 0.4) is 0 Å². The number of sulfone groups is 1. The van der Waals surface area contributed by atoms with E-state index in [4.69, 9.17) is 16.3 Å². The average molecular weight is 294 g/mol. The number of benzene rings is 1. The third-order valence-corrected chi connectivity index (χ3v) is 4.34. The molecule has 0 radical (unpaired) electrons. The molecule has 0 amide bonds. The minimum Gasteiger partial charge on any atom is -0.497 e. The van der Waals surface area contributed by atoms with Gasteiger partial charge < -0.3 is 4.74 Å². The largest absolute Gasteiger partial charge is 0.497 e. The summed E-state index contributed by atoms with van der Waals surface area (Å²) in [5.74, 6) is 0.201. The minimum atomic E-state index is -3.74. The van der Waals surface area contributed by atoms with Gasteiger partial charge in [0.2, 0.25) is 0 Å². The van der Waals surface area contributed by atoms with E-state index in [-0.39, 0.29) is 28.7 Å². The van der Waals surface area contributed by atoms with Crippen molar-refractivity contribution in [3.63, 3.8) is 0 Å². The number of nitrogens with zero attached hydrogens (tertiary/aromatic N) is 1. The van der Waals surface area contributed by atoms with Crippen molar-refractivity contribution in [1.29, 1.82) is 0 Å². The lowest BCUT2D eigenvalue weighted by molar-refractivity contribution is -0.387. The van der Waals surface area contributed by atoms with Gasteiger partial charge in [0.05, 0.1) is 17.8 Å². The number of hydrogen-bond acceptors (Lipinski definition) is 5. The Labute approximate surface area is 110 Å². The lowest BCUT2D eigenvalue weighted by Gasteiger charge is -2.06. The molecule has 100 valence electrons. The maximum Gasteiger partial charge on any atom is 0.288 e. The van der Waals surface area contributed by atoms with Gasteiger partial charge >= 0.3 is 0 Å². The molecule has 0 aliphatic carbocycles. The van der Waals surface area contributed by atoms with E-state index >= 15 is 0 Å². The standard InChI is InChI=1S/C10H12ClNO5S/c1-17-8-3-4-9(12(13)14)10(7-8)18(15,16)6-2-5-11/h3-4,7H,2,5-6H2,1H3. The number of hydrogen-bond donors (Lipinski definition) is 0. The molecule has 0 aliphatic heterocycles. The molecule has 0 aromatic heterocycles. The van der Waals surface area contributed by atoms with Crippen molar-refractivity contribution in [3.8, 4) is 5.75 Å². The van der Waals surface area contributed by atoms with Gasteiger partial charge in [-0.2, -0.15) is 0 Å². The van der Waals surface area contributed by atoms with Crippen molar-refractivity contribution in [2.45, 2.75) is 11.3 Å². The fraction of sp³-hybridized carbons (Fsp3) is 0.400. The van der Waals surface area contributed by atoms with E-state index in [2.05, 4.69) is 0 Å². The van der Waals surface area contributed by atoms with Gasteiger partial charge in [0.1, 0.15) is 10.6 Å². The Morgan fingerprint density at radius 2 is 2.11 bits per heavy atom. The van der Waals surface area contributed by atoms with Crippen molar-refractivity contribution in [1.82, 2.24) is 0 Å². The monoisotopic (exact) mass is 293 g/mol. The summed E-state index contributed by atoms with van der Waals surface area (Å²) in [4.78, 5) is 9.75. The molecule has 1 aromatic carbocycles. The smallest absolute Gasteiger partial charge is 0.288 e. The summed E-state index contributed by atoms with van der Waals surface area (Å²) in [5.41, 5.74) is -0.453. The van der Waals surface area contributed by atoms with Crippen LogP contribution in [0, 0.1) is 10.1 Å². The Bertz CT molecular complexity index is 543. The van der Waals surface area contributed by atoms with Gasteiger partial charge in [0, 0.05) is 18.0 Å². The van der Waals surface area contributed by atoms with Gasteiger partial charge in [-0.3, -0.25) is 10.1 Å². The first-order valence-corrected chi connectivity index (χ1v) is 7.22. The first-order valence-electron chi connectivity index (χ1n) is 5.03. The second-order valence-corrected chi connectivity index (χ2v) is 5.91. The van der Waals surface area contributed by atoms with Gasteiger partial charge in [-0.25, -0.2) is 8.42 Å². The summed E-state index contributed by atoms with van der Waals surface area (Å²) in [5, 5.41) is 10.8. The molecule has 0 saturated heterocycles. The molecule has 8 heteroatoms. The van der Waals surface area contributed by atoms with E-state index in [0.717, 1.165) is 12.1 Å². The van der Waals surface area contributed by atoms with Crippen LogP contribution in [0.25, 0.3) is 0 Å². The molecule has 0 bridgehead atoms. The lowest BCUT2D eigenvalue weighted by Crippen LogP contribution is -2.10. The maximum atomic E-state index is 12.0. The Morgan fingerprint density at radius 1 is 1.44 bits per heavy atom. The van der Waals surface area contributed by atoms with E-state index in [1.54, 1.807) is 0 Å². The molecular weight excluding hydrogens is 282 g/mol. The normalized spacial score (nSPS) is 11.2. The molecule has 0 spiro atoms. The van der Waals surface area contributed by atoms with Crippen LogP contribution in [0.5, 0.6) is 5.75 Å². The van der Waals surface area contributed by atoms with Crippen molar-refractivity contribution in [3.05, 3.63) is 28.3 Å². The quantitative estimate of drug-likeness (QED) is 0.455. The number of nitro groups is 1.